The number of aryl methyl sites for hydroxylation is 1. The number of hydrogen-bond acceptors (Lipinski definition) is 3. The molecule has 0 saturated carbocycles. The molecule has 0 radical (unpaired) electrons. The lowest BCUT2D eigenvalue weighted by molar-refractivity contribution is 0.307. The fourth-order valence-electron chi connectivity index (χ4n) is 1.61. The van der Waals surface area contributed by atoms with Crippen LogP contribution in [0.3, 0.4) is 0 Å². The molecule has 1 heterocycles. The second-order valence-corrected chi connectivity index (χ2v) is 5.19. The van der Waals surface area contributed by atoms with Gasteiger partial charge in [0.25, 0.3) is 0 Å². The Labute approximate surface area is 117 Å². The third-order valence-electron chi connectivity index (χ3n) is 2.53. The van der Waals surface area contributed by atoms with Gasteiger partial charge in [-0.3, -0.25) is 0 Å². The molecule has 0 fully saturated rings. The van der Waals surface area contributed by atoms with E-state index in [4.69, 9.17) is 16.3 Å². The maximum atomic E-state index is 5.72. The number of thiazole rings is 1. The molecule has 0 spiro atoms. The van der Waals surface area contributed by atoms with Gasteiger partial charge in [-0.15, -0.1) is 22.9 Å². The standard InChI is InChI=1S/C14H16ClNOS/c15-10-12-11-18-14(16-12)8-4-5-9-17-13-6-2-1-3-7-13/h1-3,6-7,11H,4-5,8-10H2. The molecule has 18 heavy (non-hydrogen) atoms. The fourth-order valence-corrected chi connectivity index (χ4v) is 2.68. The van der Waals surface area contributed by atoms with Crippen molar-refractivity contribution in [2.24, 2.45) is 0 Å². The summed E-state index contributed by atoms with van der Waals surface area (Å²) in [5, 5.41) is 3.20. The molecule has 2 aromatic rings. The van der Waals surface area contributed by atoms with Crippen molar-refractivity contribution >= 4 is 22.9 Å². The van der Waals surface area contributed by atoms with Crippen LogP contribution in [0.5, 0.6) is 5.75 Å². The maximum absolute atomic E-state index is 5.72. The molecule has 0 bridgehead atoms. The van der Waals surface area contributed by atoms with Crippen LogP contribution < -0.4 is 4.74 Å². The highest BCUT2D eigenvalue weighted by Crippen LogP contribution is 2.14. The minimum absolute atomic E-state index is 0.508. The van der Waals surface area contributed by atoms with Crippen LogP contribution in [0.25, 0.3) is 0 Å². The lowest BCUT2D eigenvalue weighted by Crippen LogP contribution is -1.98. The predicted octanol–water partition coefficient (Wildman–Crippen LogP) is 4.28. The van der Waals surface area contributed by atoms with Gasteiger partial charge >= 0.3 is 0 Å². The van der Waals surface area contributed by atoms with Crippen molar-refractivity contribution in [1.82, 2.24) is 4.98 Å². The fraction of sp³-hybridized carbons (Fsp3) is 0.357. The van der Waals surface area contributed by atoms with E-state index in [1.807, 2.05) is 35.7 Å². The molecule has 4 heteroatoms. The molecule has 0 aliphatic carbocycles. The van der Waals surface area contributed by atoms with E-state index in [-0.39, 0.29) is 0 Å². The monoisotopic (exact) mass is 281 g/mol. The van der Waals surface area contributed by atoms with Gasteiger partial charge < -0.3 is 4.74 Å². The zero-order valence-corrected chi connectivity index (χ0v) is 11.7. The predicted molar refractivity (Wildman–Crippen MR) is 76.5 cm³/mol. The van der Waals surface area contributed by atoms with Gasteiger partial charge in [-0.1, -0.05) is 18.2 Å². The Balaban J connectivity index is 1.61. The van der Waals surface area contributed by atoms with Gasteiger partial charge in [0.05, 0.1) is 23.2 Å². The lowest BCUT2D eigenvalue weighted by Gasteiger charge is -2.04. The second-order valence-electron chi connectivity index (χ2n) is 3.98. The van der Waals surface area contributed by atoms with Crippen molar-refractivity contribution in [3.63, 3.8) is 0 Å². The maximum Gasteiger partial charge on any atom is 0.119 e. The number of halogens is 1. The number of aromatic nitrogens is 1. The van der Waals surface area contributed by atoms with Gasteiger partial charge in [-0.05, 0) is 31.4 Å². The van der Waals surface area contributed by atoms with Crippen LogP contribution in [0, 0.1) is 0 Å². The topological polar surface area (TPSA) is 22.1 Å². The summed E-state index contributed by atoms with van der Waals surface area (Å²) in [6, 6.07) is 9.92. The molecule has 1 aromatic heterocycles. The van der Waals surface area contributed by atoms with Crippen molar-refractivity contribution in [3.05, 3.63) is 46.4 Å². The Morgan fingerprint density at radius 1 is 1.17 bits per heavy atom. The quantitative estimate of drug-likeness (QED) is 0.558. The molecule has 0 aliphatic rings. The number of para-hydroxylation sites is 1. The zero-order valence-electron chi connectivity index (χ0n) is 10.1. The van der Waals surface area contributed by atoms with Crippen molar-refractivity contribution in [3.8, 4) is 5.75 Å². The SMILES string of the molecule is ClCc1csc(CCCCOc2ccccc2)n1. The van der Waals surface area contributed by atoms with E-state index in [9.17, 15) is 0 Å². The lowest BCUT2D eigenvalue weighted by atomic mass is 10.2. The zero-order chi connectivity index (χ0) is 12.6. The Bertz CT molecular complexity index is 458. The average Bonchev–Trinajstić information content (AvgIpc) is 2.87. The first-order valence-electron chi connectivity index (χ1n) is 6.05. The van der Waals surface area contributed by atoms with Crippen LogP contribution in [-0.2, 0) is 12.3 Å². The number of benzene rings is 1. The van der Waals surface area contributed by atoms with Gasteiger partial charge in [-0.2, -0.15) is 0 Å². The van der Waals surface area contributed by atoms with Crippen LogP contribution >= 0.6 is 22.9 Å². The summed E-state index contributed by atoms with van der Waals surface area (Å²) in [5.41, 5.74) is 0.984. The molecule has 0 aliphatic heterocycles. The molecule has 0 atom stereocenters. The van der Waals surface area contributed by atoms with Gasteiger partial charge in [0.2, 0.25) is 0 Å². The van der Waals surface area contributed by atoms with E-state index in [1.54, 1.807) is 11.3 Å². The third-order valence-corrected chi connectivity index (χ3v) is 3.76. The smallest absolute Gasteiger partial charge is 0.119 e. The number of alkyl halides is 1. The van der Waals surface area contributed by atoms with Gasteiger partial charge in [0.1, 0.15) is 5.75 Å². The minimum atomic E-state index is 0.508. The van der Waals surface area contributed by atoms with Gasteiger partial charge in [0.15, 0.2) is 0 Å². The van der Waals surface area contributed by atoms with Gasteiger partial charge in [0, 0.05) is 5.38 Å². The molecule has 96 valence electrons. The van der Waals surface area contributed by atoms with Crippen molar-refractivity contribution < 1.29 is 4.74 Å². The largest absolute Gasteiger partial charge is 0.494 e. The number of ether oxygens (including phenoxy) is 1. The van der Waals surface area contributed by atoms with Crippen molar-refractivity contribution in [2.45, 2.75) is 25.1 Å². The van der Waals surface area contributed by atoms with E-state index >= 15 is 0 Å². The third kappa shape index (κ3) is 4.31. The van der Waals surface area contributed by atoms with Gasteiger partial charge in [-0.25, -0.2) is 4.98 Å². The summed E-state index contributed by atoms with van der Waals surface area (Å²) in [6.07, 6.45) is 3.16. The van der Waals surface area contributed by atoms with Crippen LogP contribution in [0.2, 0.25) is 0 Å². The first-order valence-corrected chi connectivity index (χ1v) is 7.47. The van der Waals surface area contributed by atoms with Crippen LogP contribution in [0.15, 0.2) is 35.7 Å². The van der Waals surface area contributed by atoms with E-state index < -0.39 is 0 Å². The summed E-state index contributed by atoms with van der Waals surface area (Å²) in [7, 11) is 0. The summed E-state index contributed by atoms with van der Waals surface area (Å²) >= 11 is 7.41. The average molecular weight is 282 g/mol. The molecule has 0 amide bonds. The summed E-state index contributed by atoms with van der Waals surface area (Å²) in [4.78, 5) is 4.43. The van der Waals surface area contributed by atoms with Crippen molar-refractivity contribution in [1.29, 1.82) is 0 Å². The Kier molecular flexibility index (Phi) is 5.49. The number of nitrogens with zero attached hydrogens (tertiary/aromatic N) is 1. The molecule has 2 nitrogen and oxygen atoms in total. The second kappa shape index (κ2) is 7.39. The molecular formula is C14H16ClNOS. The summed E-state index contributed by atoms with van der Waals surface area (Å²) in [5.74, 6) is 1.45. The number of rotatable bonds is 7. The van der Waals surface area contributed by atoms with Crippen LogP contribution in [-0.4, -0.2) is 11.6 Å². The molecular weight excluding hydrogens is 266 g/mol. The van der Waals surface area contributed by atoms with E-state index in [0.29, 0.717) is 5.88 Å². The highest BCUT2D eigenvalue weighted by Gasteiger charge is 2.01. The molecule has 0 unspecified atom stereocenters. The highest BCUT2D eigenvalue weighted by atomic mass is 35.5. The Morgan fingerprint density at radius 3 is 2.72 bits per heavy atom. The molecule has 0 saturated heterocycles. The highest BCUT2D eigenvalue weighted by molar-refractivity contribution is 7.09. The van der Waals surface area contributed by atoms with Crippen LogP contribution in [0.1, 0.15) is 23.5 Å². The normalized spacial score (nSPS) is 10.5. The molecule has 0 N–H and O–H groups in total. The summed E-state index contributed by atoms with van der Waals surface area (Å²) in [6.45, 7) is 0.762. The van der Waals surface area contributed by atoms with E-state index in [0.717, 1.165) is 37.3 Å². The number of hydrogen-bond donors (Lipinski definition) is 0. The van der Waals surface area contributed by atoms with E-state index in [2.05, 4.69) is 4.98 Å². The van der Waals surface area contributed by atoms with Crippen molar-refractivity contribution in [2.75, 3.05) is 6.61 Å². The summed E-state index contributed by atoms with van der Waals surface area (Å²) < 4.78 is 5.63. The minimum Gasteiger partial charge on any atom is -0.494 e. The Hall–Kier alpha value is -1.06. The van der Waals surface area contributed by atoms with Crippen LogP contribution in [0.4, 0.5) is 0 Å². The first kappa shape index (κ1) is 13.4. The number of unbranched alkanes of at least 4 members (excludes halogenated alkanes) is 1. The first-order chi connectivity index (χ1) is 8.88. The van der Waals surface area contributed by atoms with E-state index in [1.165, 1.54) is 5.01 Å². The Morgan fingerprint density at radius 2 is 2.00 bits per heavy atom. The molecule has 1 aromatic carbocycles. The molecule has 2 rings (SSSR count).